The van der Waals surface area contributed by atoms with E-state index in [-0.39, 0.29) is 0 Å². The summed E-state index contributed by atoms with van der Waals surface area (Å²) in [5, 5.41) is 15.0. The quantitative estimate of drug-likeness (QED) is 0.360. The molecule has 3 aromatic heterocycles. The molecule has 216 valence electrons. The lowest BCUT2D eigenvalue weighted by molar-refractivity contribution is -0.0469. The van der Waals surface area contributed by atoms with Crippen LogP contribution in [0.2, 0.25) is 0 Å². The lowest BCUT2D eigenvalue weighted by atomic mass is 9.99. The maximum atomic E-state index is 5.37. The molecule has 7 rings (SSSR count). The average molecular weight is 555 g/mol. The number of H-pyrrole nitrogens is 1. The molecule has 3 saturated heterocycles. The highest BCUT2D eigenvalue weighted by Gasteiger charge is 2.26. The molecule has 3 fully saturated rings. The minimum atomic E-state index is 0.469. The van der Waals surface area contributed by atoms with Crippen LogP contribution in [0.5, 0.6) is 0 Å². The van der Waals surface area contributed by atoms with Crippen molar-refractivity contribution < 1.29 is 4.74 Å². The van der Waals surface area contributed by atoms with Gasteiger partial charge in [-0.1, -0.05) is 6.92 Å². The maximum Gasteiger partial charge on any atom is 0.160 e. The molecule has 1 aromatic carbocycles. The Morgan fingerprint density at radius 3 is 2.34 bits per heavy atom. The highest BCUT2D eigenvalue weighted by molar-refractivity contribution is 5.95. The summed E-state index contributed by atoms with van der Waals surface area (Å²) in [7, 11) is 0. The van der Waals surface area contributed by atoms with Crippen molar-refractivity contribution in [3.63, 3.8) is 0 Å². The van der Waals surface area contributed by atoms with Gasteiger partial charge in [0.25, 0.3) is 0 Å². The number of ether oxygens (including phenoxy) is 1. The second-order valence-electron chi connectivity index (χ2n) is 12.2. The molecule has 41 heavy (non-hydrogen) atoms. The molecule has 9 nitrogen and oxygen atoms in total. The number of aromatic amines is 1. The maximum absolute atomic E-state index is 5.37. The van der Waals surface area contributed by atoms with Crippen LogP contribution in [-0.4, -0.2) is 100 Å². The van der Waals surface area contributed by atoms with Crippen molar-refractivity contribution in [2.24, 2.45) is 5.92 Å². The predicted molar refractivity (Wildman–Crippen MR) is 163 cm³/mol. The fourth-order valence-corrected chi connectivity index (χ4v) is 6.99. The number of aryl methyl sites for hydroxylation is 2. The smallest absolute Gasteiger partial charge is 0.160 e. The van der Waals surface area contributed by atoms with Gasteiger partial charge in [-0.25, -0.2) is 0 Å². The van der Waals surface area contributed by atoms with Crippen LogP contribution in [0.1, 0.15) is 36.9 Å². The van der Waals surface area contributed by atoms with E-state index in [1.807, 2.05) is 12.4 Å². The summed E-state index contributed by atoms with van der Waals surface area (Å²) in [6.45, 7) is 17.5. The Kier molecular flexibility index (Phi) is 7.27. The van der Waals surface area contributed by atoms with Gasteiger partial charge in [0.1, 0.15) is 0 Å². The number of rotatable bonds is 7. The molecule has 0 radical (unpaired) electrons. The number of nitrogens with zero attached hydrogens (tertiary/aromatic N) is 7. The third kappa shape index (κ3) is 5.27. The van der Waals surface area contributed by atoms with Gasteiger partial charge in [0.2, 0.25) is 0 Å². The highest BCUT2D eigenvalue weighted by atomic mass is 16.5. The fraction of sp³-hybridized carbons (Fsp3) is 0.531. The molecule has 0 saturated carbocycles. The summed E-state index contributed by atoms with van der Waals surface area (Å²) >= 11 is 0. The molecular formula is C32H42N8O. The first kappa shape index (κ1) is 26.6. The SMILES string of the molecule is CCN1CCC(n2cc(-c3c[nH]c4nnc(-c5cc(C)c(N6CCN(CC7COC7)CC6)c(C)c5)cc34)cn2)CC1. The van der Waals surface area contributed by atoms with Crippen LogP contribution in [0.25, 0.3) is 33.4 Å². The number of fused-ring (bicyclic) bond motifs is 1. The van der Waals surface area contributed by atoms with Crippen molar-refractivity contribution in [1.82, 2.24) is 34.8 Å². The summed E-state index contributed by atoms with van der Waals surface area (Å²) in [5.41, 5.74) is 9.05. The van der Waals surface area contributed by atoms with Crippen LogP contribution in [0.3, 0.4) is 0 Å². The molecule has 0 amide bonds. The van der Waals surface area contributed by atoms with Crippen LogP contribution in [0.15, 0.2) is 36.8 Å². The van der Waals surface area contributed by atoms with Gasteiger partial charge in [0.05, 0.1) is 31.1 Å². The van der Waals surface area contributed by atoms with E-state index in [0.717, 1.165) is 111 Å². The van der Waals surface area contributed by atoms with Crippen LogP contribution >= 0.6 is 0 Å². The Labute approximate surface area is 242 Å². The number of nitrogens with one attached hydrogen (secondary N) is 1. The number of likely N-dealkylation sites (tertiary alicyclic amines) is 1. The molecular weight excluding hydrogens is 512 g/mol. The molecule has 1 N–H and O–H groups in total. The molecule has 9 heteroatoms. The van der Waals surface area contributed by atoms with E-state index < -0.39 is 0 Å². The standard InChI is InChI=1S/C32H42N8O/c1-4-37-7-5-27(6-8-37)40-19-26(16-34-40)29-17-33-32-28(29)15-30(35-36-32)25-13-22(2)31(23(3)14-25)39-11-9-38(10-12-39)18-24-20-41-21-24/h13-17,19,24,27H,4-12,18,20-21H2,1-3H3,(H,33,36). The molecule has 0 spiro atoms. The van der Waals surface area contributed by atoms with Crippen LogP contribution in [-0.2, 0) is 4.74 Å². The van der Waals surface area contributed by atoms with Crippen molar-refractivity contribution >= 4 is 16.7 Å². The van der Waals surface area contributed by atoms with Crippen LogP contribution < -0.4 is 4.90 Å². The number of aromatic nitrogens is 5. The van der Waals surface area contributed by atoms with E-state index in [0.29, 0.717) is 6.04 Å². The minimum absolute atomic E-state index is 0.469. The first-order valence-electron chi connectivity index (χ1n) is 15.3. The molecule has 0 atom stereocenters. The number of benzene rings is 1. The molecule has 3 aliphatic rings. The van der Waals surface area contributed by atoms with Gasteiger partial charge in [0.15, 0.2) is 5.65 Å². The van der Waals surface area contributed by atoms with Crippen molar-refractivity contribution in [1.29, 1.82) is 0 Å². The van der Waals surface area contributed by atoms with Gasteiger partial charge in [-0.3, -0.25) is 9.58 Å². The summed E-state index contributed by atoms with van der Waals surface area (Å²) in [6, 6.07) is 7.21. The second-order valence-corrected chi connectivity index (χ2v) is 12.2. The Morgan fingerprint density at radius 2 is 1.66 bits per heavy atom. The normalized spacial score (nSPS) is 19.7. The first-order chi connectivity index (χ1) is 20.1. The summed E-state index contributed by atoms with van der Waals surface area (Å²) in [5.74, 6) is 0.725. The number of anilines is 1. The lowest BCUT2D eigenvalue weighted by Gasteiger charge is -2.40. The van der Waals surface area contributed by atoms with E-state index >= 15 is 0 Å². The van der Waals surface area contributed by atoms with Crippen LogP contribution in [0, 0.1) is 19.8 Å². The Balaban J connectivity index is 1.10. The predicted octanol–water partition coefficient (Wildman–Crippen LogP) is 4.53. The van der Waals surface area contributed by atoms with Crippen molar-refractivity contribution in [2.45, 2.75) is 39.7 Å². The zero-order valence-corrected chi connectivity index (χ0v) is 24.6. The zero-order chi connectivity index (χ0) is 27.9. The highest BCUT2D eigenvalue weighted by Crippen LogP contribution is 2.34. The third-order valence-corrected chi connectivity index (χ3v) is 9.43. The van der Waals surface area contributed by atoms with E-state index in [1.165, 1.54) is 23.4 Å². The number of piperidine rings is 1. The van der Waals surface area contributed by atoms with E-state index in [9.17, 15) is 0 Å². The van der Waals surface area contributed by atoms with E-state index in [4.69, 9.17) is 9.84 Å². The second kappa shape index (κ2) is 11.2. The van der Waals surface area contributed by atoms with Gasteiger partial charge in [-0.2, -0.15) is 5.10 Å². The fourth-order valence-electron chi connectivity index (χ4n) is 6.99. The van der Waals surface area contributed by atoms with Gasteiger partial charge < -0.3 is 19.5 Å². The Hall–Kier alpha value is -3.27. The monoisotopic (exact) mass is 554 g/mol. The molecule has 0 aliphatic carbocycles. The third-order valence-electron chi connectivity index (χ3n) is 9.43. The number of piperazine rings is 1. The average Bonchev–Trinajstić information content (AvgIpc) is 3.62. The summed E-state index contributed by atoms with van der Waals surface area (Å²) in [6.07, 6.45) is 8.55. The van der Waals surface area contributed by atoms with Gasteiger partial charge in [0, 0.05) is 91.9 Å². The largest absolute Gasteiger partial charge is 0.381 e. The molecule has 3 aliphatic heterocycles. The van der Waals surface area contributed by atoms with E-state index in [1.54, 1.807) is 0 Å². The van der Waals surface area contributed by atoms with E-state index in [2.05, 4.69) is 79.7 Å². The minimum Gasteiger partial charge on any atom is -0.381 e. The Morgan fingerprint density at radius 1 is 0.902 bits per heavy atom. The Bertz CT molecular complexity index is 1480. The van der Waals surface area contributed by atoms with Gasteiger partial charge in [-0.05, 0) is 62.6 Å². The summed E-state index contributed by atoms with van der Waals surface area (Å²) < 4.78 is 7.54. The first-order valence-corrected chi connectivity index (χ1v) is 15.3. The van der Waals surface area contributed by atoms with Crippen molar-refractivity contribution in [2.75, 3.05) is 70.5 Å². The molecule has 4 aromatic rings. The van der Waals surface area contributed by atoms with Crippen molar-refractivity contribution in [3.05, 3.63) is 47.9 Å². The summed E-state index contributed by atoms with van der Waals surface area (Å²) in [4.78, 5) is 11.0. The van der Waals surface area contributed by atoms with Crippen molar-refractivity contribution in [3.8, 4) is 22.4 Å². The number of hydrogen-bond donors (Lipinski definition) is 1. The van der Waals surface area contributed by atoms with Gasteiger partial charge in [-0.15, -0.1) is 10.2 Å². The molecule has 0 bridgehead atoms. The van der Waals surface area contributed by atoms with Gasteiger partial charge >= 0.3 is 0 Å². The number of hydrogen-bond acceptors (Lipinski definition) is 7. The topological polar surface area (TPSA) is 78.3 Å². The molecule has 6 heterocycles. The lowest BCUT2D eigenvalue weighted by Crippen LogP contribution is -2.50. The van der Waals surface area contributed by atoms with Crippen LogP contribution in [0.4, 0.5) is 5.69 Å². The zero-order valence-electron chi connectivity index (χ0n) is 24.6. The molecule has 0 unspecified atom stereocenters.